The summed E-state index contributed by atoms with van der Waals surface area (Å²) in [6.07, 6.45) is -2.27. The Labute approximate surface area is 117 Å². The Kier molecular flexibility index (Phi) is 2.97. The summed E-state index contributed by atoms with van der Waals surface area (Å²) in [4.78, 5) is 3.77. The van der Waals surface area contributed by atoms with Gasteiger partial charge in [0.2, 0.25) is 0 Å². The standard InChI is InChI=1S/C14H9F3N4/c15-14(16,17)11-5-6-19-7-10(11)12-8-3-1-2-4-9(8)13(18)21-20-12/h1-7H,(H2,18,21). The molecular weight excluding hydrogens is 281 g/mol. The number of hydrogen-bond acceptors (Lipinski definition) is 4. The number of alkyl halides is 3. The van der Waals surface area contributed by atoms with Crippen molar-refractivity contribution in [3.8, 4) is 11.3 Å². The highest BCUT2D eigenvalue weighted by molar-refractivity contribution is 5.99. The molecule has 0 aliphatic rings. The van der Waals surface area contributed by atoms with Gasteiger partial charge in [0.15, 0.2) is 5.82 Å². The summed E-state index contributed by atoms with van der Waals surface area (Å²) in [5, 5.41) is 8.63. The van der Waals surface area contributed by atoms with Crippen LogP contribution in [0.1, 0.15) is 5.56 Å². The Morgan fingerprint density at radius 2 is 1.67 bits per heavy atom. The molecule has 3 rings (SSSR count). The van der Waals surface area contributed by atoms with E-state index in [-0.39, 0.29) is 17.1 Å². The maximum absolute atomic E-state index is 13.1. The van der Waals surface area contributed by atoms with E-state index in [1.54, 1.807) is 24.3 Å². The molecule has 3 aromatic rings. The third-order valence-corrected chi connectivity index (χ3v) is 3.10. The average molecular weight is 290 g/mol. The zero-order chi connectivity index (χ0) is 15.0. The van der Waals surface area contributed by atoms with E-state index >= 15 is 0 Å². The van der Waals surface area contributed by atoms with E-state index in [0.29, 0.717) is 10.8 Å². The molecule has 0 radical (unpaired) electrons. The lowest BCUT2D eigenvalue weighted by Crippen LogP contribution is -2.08. The minimum atomic E-state index is -4.50. The highest BCUT2D eigenvalue weighted by Gasteiger charge is 2.34. The molecule has 4 nitrogen and oxygen atoms in total. The second-order valence-corrected chi connectivity index (χ2v) is 4.40. The number of fused-ring (bicyclic) bond motifs is 1. The number of pyridine rings is 1. The number of nitrogen functional groups attached to an aromatic ring is 1. The highest BCUT2D eigenvalue weighted by Crippen LogP contribution is 2.38. The summed E-state index contributed by atoms with van der Waals surface area (Å²) >= 11 is 0. The van der Waals surface area contributed by atoms with Crippen molar-refractivity contribution in [2.75, 3.05) is 5.73 Å². The van der Waals surface area contributed by atoms with Gasteiger partial charge in [-0.05, 0) is 6.07 Å². The lowest BCUT2D eigenvalue weighted by Gasteiger charge is -2.13. The Morgan fingerprint density at radius 3 is 2.38 bits per heavy atom. The fraction of sp³-hybridized carbons (Fsp3) is 0.0714. The van der Waals surface area contributed by atoms with Crippen LogP contribution in [0.2, 0.25) is 0 Å². The first-order valence-corrected chi connectivity index (χ1v) is 6.01. The first-order chi connectivity index (χ1) is 9.98. The fourth-order valence-electron chi connectivity index (χ4n) is 2.15. The van der Waals surface area contributed by atoms with E-state index in [0.717, 1.165) is 18.5 Å². The zero-order valence-electron chi connectivity index (χ0n) is 10.6. The van der Waals surface area contributed by atoms with Gasteiger partial charge in [-0.25, -0.2) is 0 Å². The number of hydrogen-bond donors (Lipinski definition) is 1. The van der Waals surface area contributed by atoms with Gasteiger partial charge in [0.05, 0.1) is 5.56 Å². The number of nitrogens with two attached hydrogens (primary N) is 1. The number of halogens is 3. The van der Waals surface area contributed by atoms with Crippen molar-refractivity contribution in [1.29, 1.82) is 0 Å². The summed E-state index contributed by atoms with van der Waals surface area (Å²) < 4.78 is 39.3. The van der Waals surface area contributed by atoms with Crippen LogP contribution in [-0.2, 0) is 6.18 Å². The molecular formula is C14H9F3N4. The van der Waals surface area contributed by atoms with E-state index < -0.39 is 11.7 Å². The summed E-state index contributed by atoms with van der Waals surface area (Å²) in [6.45, 7) is 0. The van der Waals surface area contributed by atoms with Crippen molar-refractivity contribution in [2.45, 2.75) is 6.18 Å². The lowest BCUT2D eigenvalue weighted by molar-refractivity contribution is -0.137. The topological polar surface area (TPSA) is 64.7 Å². The van der Waals surface area contributed by atoms with Gasteiger partial charge in [0.1, 0.15) is 5.69 Å². The second kappa shape index (κ2) is 4.69. The minimum absolute atomic E-state index is 0.111. The smallest absolute Gasteiger partial charge is 0.382 e. The maximum Gasteiger partial charge on any atom is 0.417 e. The molecule has 2 heterocycles. The third kappa shape index (κ3) is 2.26. The summed E-state index contributed by atoms with van der Waals surface area (Å²) in [7, 11) is 0. The van der Waals surface area contributed by atoms with E-state index in [1.165, 1.54) is 0 Å². The quantitative estimate of drug-likeness (QED) is 0.747. The van der Waals surface area contributed by atoms with Gasteiger partial charge < -0.3 is 5.73 Å². The molecule has 0 unspecified atom stereocenters. The van der Waals surface area contributed by atoms with Crippen LogP contribution in [-0.4, -0.2) is 15.2 Å². The maximum atomic E-state index is 13.1. The molecule has 7 heteroatoms. The van der Waals surface area contributed by atoms with Crippen molar-refractivity contribution in [2.24, 2.45) is 0 Å². The highest BCUT2D eigenvalue weighted by atomic mass is 19.4. The molecule has 0 amide bonds. The minimum Gasteiger partial charge on any atom is -0.382 e. The van der Waals surface area contributed by atoms with Crippen molar-refractivity contribution in [3.05, 3.63) is 48.3 Å². The first kappa shape index (κ1) is 13.3. The largest absolute Gasteiger partial charge is 0.417 e. The second-order valence-electron chi connectivity index (χ2n) is 4.40. The van der Waals surface area contributed by atoms with Crippen LogP contribution in [0.15, 0.2) is 42.7 Å². The number of rotatable bonds is 1. The fourth-order valence-corrected chi connectivity index (χ4v) is 2.15. The SMILES string of the molecule is Nc1nnc(-c2cnccc2C(F)(F)F)c2ccccc12. The van der Waals surface area contributed by atoms with Crippen LogP contribution < -0.4 is 5.73 Å². The van der Waals surface area contributed by atoms with Crippen LogP contribution >= 0.6 is 0 Å². The number of anilines is 1. The molecule has 21 heavy (non-hydrogen) atoms. The van der Waals surface area contributed by atoms with Crippen molar-refractivity contribution in [3.63, 3.8) is 0 Å². The lowest BCUT2D eigenvalue weighted by atomic mass is 10.0. The van der Waals surface area contributed by atoms with Crippen molar-refractivity contribution < 1.29 is 13.2 Å². The van der Waals surface area contributed by atoms with E-state index in [1.807, 2.05) is 0 Å². The van der Waals surface area contributed by atoms with Gasteiger partial charge in [-0.3, -0.25) is 4.98 Å². The molecule has 0 saturated heterocycles. The molecule has 0 bridgehead atoms. The Hall–Kier alpha value is -2.70. The first-order valence-electron chi connectivity index (χ1n) is 6.01. The predicted octanol–water partition coefficient (Wildman–Crippen LogP) is 3.29. The van der Waals surface area contributed by atoms with Gasteiger partial charge in [-0.2, -0.15) is 13.2 Å². The van der Waals surface area contributed by atoms with Gasteiger partial charge >= 0.3 is 6.18 Å². The van der Waals surface area contributed by atoms with Crippen LogP contribution in [0.4, 0.5) is 19.0 Å². The molecule has 0 fully saturated rings. The summed E-state index contributed by atoms with van der Waals surface area (Å²) in [5.41, 5.74) is 4.91. The molecule has 0 aliphatic heterocycles. The molecule has 2 aromatic heterocycles. The van der Waals surface area contributed by atoms with Crippen molar-refractivity contribution >= 4 is 16.6 Å². The average Bonchev–Trinajstić information content (AvgIpc) is 2.47. The van der Waals surface area contributed by atoms with E-state index in [2.05, 4.69) is 15.2 Å². The normalized spacial score (nSPS) is 11.8. The zero-order valence-corrected chi connectivity index (χ0v) is 10.6. The molecule has 0 aliphatic carbocycles. The third-order valence-electron chi connectivity index (χ3n) is 3.10. The molecule has 0 atom stereocenters. The molecule has 106 valence electrons. The van der Waals surface area contributed by atoms with Crippen LogP contribution in [0.25, 0.3) is 22.0 Å². The molecule has 0 saturated carbocycles. The van der Waals surface area contributed by atoms with Gasteiger partial charge in [0.25, 0.3) is 0 Å². The molecule has 0 spiro atoms. The number of nitrogens with zero attached hydrogens (tertiary/aromatic N) is 3. The Morgan fingerprint density at radius 1 is 0.952 bits per heavy atom. The van der Waals surface area contributed by atoms with Gasteiger partial charge in [-0.1, -0.05) is 24.3 Å². The van der Waals surface area contributed by atoms with Gasteiger partial charge in [-0.15, -0.1) is 10.2 Å². The van der Waals surface area contributed by atoms with Crippen LogP contribution in [0.5, 0.6) is 0 Å². The summed E-state index contributed by atoms with van der Waals surface area (Å²) in [5.74, 6) is 0.173. The van der Waals surface area contributed by atoms with Gasteiger partial charge in [0, 0.05) is 28.7 Å². The monoisotopic (exact) mass is 290 g/mol. The van der Waals surface area contributed by atoms with Crippen LogP contribution in [0.3, 0.4) is 0 Å². The molecule has 2 N–H and O–H groups in total. The van der Waals surface area contributed by atoms with Crippen molar-refractivity contribution in [1.82, 2.24) is 15.2 Å². The van der Waals surface area contributed by atoms with E-state index in [9.17, 15) is 13.2 Å². The number of benzene rings is 1. The predicted molar refractivity (Wildman–Crippen MR) is 72.2 cm³/mol. The molecule has 1 aromatic carbocycles. The van der Waals surface area contributed by atoms with Crippen LogP contribution in [0, 0.1) is 0 Å². The van der Waals surface area contributed by atoms with E-state index in [4.69, 9.17) is 5.73 Å². The number of aromatic nitrogens is 3. The Balaban J connectivity index is 2.35. The Bertz CT molecular complexity index is 815. The summed E-state index contributed by atoms with van der Waals surface area (Å²) in [6, 6.07) is 7.70.